The molecule has 0 radical (unpaired) electrons. The number of hydrogen-bond acceptors (Lipinski definition) is 4. The minimum Gasteiger partial charge on any atom is -0.143 e. The van der Waals surface area contributed by atoms with Gasteiger partial charge in [0.25, 0.3) is 0 Å². The Hall–Kier alpha value is -0.940. The zero-order valence-electron chi connectivity index (χ0n) is 11.1. The molecule has 4 aromatic rings. The van der Waals surface area contributed by atoms with Crippen molar-refractivity contribution in [3.8, 4) is 19.5 Å². The van der Waals surface area contributed by atoms with Crippen molar-refractivity contribution < 1.29 is 0 Å². The fourth-order valence-electron chi connectivity index (χ4n) is 2.44. The summed E-state index contributed by atoms with van der Waals surface area (Å²) < 4.78 is 2.94. The van der Waals surface area contributed by atoms with Crippen molar-refractivity contribution in [3.63, 3.8) is 0 Å². The Balaban J connectivity index is 1.96. The predicted molar refractivity (Wildman–Crippen MR) is 95.8 cm³/mol. The van der Waals surface area contributed by atoms with Gasteiger partial charge in [0.1, 0.15) is 0 Å². The molecule has 100 valence electrons. The molecule has 0 atom stereocenters. The smallest absolute Gasteiger partial charge is 0.0496 e. The van der Waals surface area contributed by atoms with E-state index < -0.39 is 0 Å². The monoisotopic (exact) mass is 332 g/mol. The molecule has 0 spiro atoms. The molecule has 0 aliphatic heterocycles. The summed E-state index contributed by atoms with van der Waals surface area (Å²) in [6, 6.07) is 8.72. The fraction of sp³-hybridized carbons (Fsp3) is 0.125. The summed E-state index contributed by atoms with van der Waals surface area (Å²) in [6.45, 7) is 4.53. The van der Waals surface area contributed by atoms with Gasteiger partial charge in [0.05, 0.1) is 0 Å². The maximum Gasteiger partial charge on any atom is 0.0496 e. The summed E-state index contributed by atoms with van der Waals surface area (Å²) in [6.07, 6.45) is 0. The van der Waals surface area contributed by atoms with Gasteiger partial charge in [-0.1, -0.05) is 12.1 Å². The lowest BCUT2D eigenvalue weighted by atomic mass is 10.2. The lowest BCUT2D eigenvalue weighted by Gasteiger charge is -1.96. The van der Waals surface area contributed by atoms with Gasteiger partial charge in [-0.15, -0.1) is 45.3 Å². The van der Waals surface area contributed by atoms with Crippen LogP contribution in [-0.4, -0.2) is 0 Å². The molecule has 0 unspecified atom stereocenters. The van der Waals surface area contributed by atoms with Crippen LogP contribution in [0.15, 0.2) is 35.0 Å². The summed E-state index contributed by atoms with van der Waals surface area (Å²) in [5, 5.41) is 4.32. The molecule has 0 saturated heterocycles. The molecular weight excluding hydrogens is 320 g/mol. The number of thiophene rings is 4. The molecule has 0 amide bonds. The van der Waals surface area contributed by atoms with Gasteiger partial charge < -0.3 is 0 Å². The van der Waals surface area contributed by atoms with Crippen molar-refractivity contribution >= 4 is 54.7 Å². The molecule has 0 nitrogen and oxygen atoms in total. The highest BCUT2D eigenvalue weighted by atomic mass is 32.1. The van der Waals surface area contributed by atoms with E-state index in [1.807, 2.05) is 45.3 Å². The Bertz CT molecular complexity index is 783. The standard InChI is InChI=1S/C16H12S4/c1-9-13(11-5-3-7-17-11)19-16-10(2)14(20-15(9)16)12-6-4-8-18-12/h3-8H,1-2H3. The first-order valence-electron chi connectivity index (χ1n) is 6.36. The number of rotatable bonds is 2. The largest absolute Gasteiger partial charge is 0.143 e. The van der Waals surface area contributed by atoms with E-state index in [0.717, 1.165) is 0 Å². The van der Waals surface area contributed by atoms with Crippen molar-refractivity contribution in [1.29, 1.82) is 0 Å². The van der Waals surface area contributed by atoms with Crippen LogP contribution in [0.25, 0.3) is 28.9 Å². The van der Waals surface area contributed by atoms with Crippen molar-refractivity contribution in [2.75, 3.05) is 0 Å². The van der Waals surface area contributed by atoms with E-state index in [2.05, 4.69) is 48.9 Å². The van der Waals surface area contributed by atoms with E-state index in [-0.39, 0.29) is 0 Å². The van der Waals surface area contributed by atoms with Crippen molar-refractivity contribution in [1.82, 2.24) is 0 Å². The highest BCUT2D eigenvalue weighted by Gasteiger charge is 2.18. The Morgan fingerprint density at radius 2 is 1.15 bits per heavy atom. The van der Waals surface area contributed by atoms with Crippen LogP contribution in [0, 0.1) is 13.8 Å². The lowest BCUT2D eigenvalue weighted by Crippen LogP contribution is -1.69. The summed E-state index contributed by atoms with van der Waals surface area (Å²) in [4.78, 5) is 5.69. The first-order chi connectivity index (χ1) is 9.75. The average molecular weight is 333 g/mol. The molecule has 20 heavy (non-hydrogen) atoms. The van der Waals surface area contributed by atoms with Crippen molar-refractivity contribution in [2.24, 2.45) is 0 Å². The average Bonchev–Trinajstić information content (AvgIpc) is 3.18. The first kappa shape index (κ1) is 12.8. The van der Waals surface area contributed by atoms with E-state index in [0.29, 0.717) is 0 Å². The van der Waals surface area contributed by atoms with Gasteiger partial charge in [0, 0.05) is 28.9 Å². The van der Waals surface area contributed by atoms with Crippen LogP contribution in [0.1, 0.15) is 11.1 Å². The molecule has 0 N–H and O–H groups in total. The maximum atomic E-state index is 2.27. The van der Waals surface area contributed by atoms with Gasteiger partial charge >= 0.3 is 0 Å². The van der Waals surface area contributed by atoms with Crippen LogP contribution in [0.5, 0.6) is 0 Å². The van der Waals surface area contributed by atoms with E-state index in [1.165, 1.54) is 40.0 Å². The van der Waals surface area contributed by atoms with Gasteiger partial charge in [0.15, 0.2) is 0 Å². The molecule has 4 aromatic heterocycles. The second-order valence-corrected chi connectivity index (χ2v) is 8.66. The zero-order valence-corrected chi connectivity index (χ0v) is 14.4. The number of fused-ring (bicyclic) bond motifs is 1. The minimum atomic E-state index is 1.40. The van der Waals surface area contributed by atoms with Crippen LogP contribution in [0.2, 0.25) is 0 Å². The molecule has 0 fully saturated rings. The highest BCUT2D eigenvalue weighted by Crippen LogP contribution is 2.49. The second kappa shape index (κ2) is 4.81. The maximum absolute atomic E-state index is 2.27. The van der Waals surface area contributed by atoms with Crippen LogP contribution < -0.4 is 0 Å². The molecule has 0 bridgehead atoms. The van der Waals surface area contributed by atoms with Gasteiger partial charge in [0.2, 0.25) is 0 Å². The molecule has 4 heteroatoms. The molecule has 0 saturated carbocycles. The molecule has 4 heterocycles. The third-order valence-electron chi connectivity index (χ3n) is 3.47. The van der Waals surface area contributed by atoms with Gasteiger partial charge in [-0.25, -0.2) is 0 Å². The second-order valence-electron chi connectivity index (χ2n) is 4.73. The van der Waals surface area contributed by atoms with Crippen LogP contribution in [0.3, 0.4) is 0 Å². The SMILES string of the molecule is Cc1c(-c2cccs2)sc2c(C)c(-c3cccs3)sc12. The highest BCUT2D eigenvalue weighted by molar-refractivity contribution is 7.33. The first-order valence-corrected chi connectivity index (χ1v) is 9.75. The molecule has 0 aliphatic rings. The fourth-order valence-corrected chi connectivity index (χ4v) is 7.05. The summed E-state index contributed by atoms with van der Waals surface area (Å²) in [5.41, 5.74) is 2.90. The zero-order chi connectivity index (χ0) is 13.7. The van der Waals surface area contributed by atoms with Crippen LogP contribution in [-0.2, 0) is 0 Å². The number of aryl methyl sites for hydroxylation is 2. The Kier molecular flexibility index (Phi) is 3.07. The van der Waals surface area contributed by atoms with E-state index in [9.17, 15) is 0 Å². The van der Waals surface area contributed by atoms with Crippen molar-refractivity contribution in [2.45, 2.75) is 13.8 Å². The Labute approximate surface area is 134 Å². The molecule has 4 rings (SSSR count). The minimum absolute atomic E-state index is 1.40. The van der Waals surface area contributed by atoms with Crippen molar-refractivity contribution in [3.05, 3.63) is 46.2 Å². The summed E-state index contributed by atoms with van der Waals surface area (Å²) in [7, 11) is 0. The molecule has 0 aliphatic carbocycles. The Morgan fingerprint density at radius 3 is 1.50 bits per heavy atom. The summed E-state index contributed by atoms with van der Waals surface area (Å²) in [5.74, 6) is 0. The summed E-state index contributed by atoms with van der Waals surface area (Å²) >= 11 is 7.57. The van der Waals surface area contributed by atoms with Gasteiger partial charge in [-0.2, -0.15) is 0 Å². The normalized spacial score (nSPS) is 11.5. The topological polar surface area (TPSA) is 0 Å². The molecule has 0 aromatic carbocycles. The predicted octanol–water partition coefficient (Wildman–Crippen LogP) is 7.04. The lowest BCUT2D eigenvalue weighted by molar-refractivity contribution is 1.61. The third-order valence-corrected chi connectivity index (χ3v) is 8.52. The number of hydrogen-bond donors (Lipinski definition) is 0. The van der Waals surface area contributed by atoms with Crippen LogP contribution >= 0.6 is 45.3 Å². The van der Waals surface area contributed by atoms with Gasteiger partial charge in [-0.3, -0.25) is 0 Å². The van der Waals surface area contributed by atoms with Crippen LogP contribution in [0.4, 0.5) is 0 Å². The molecular formula is C16H12S4. The van der Waals surface area contributed by atoms with E-state index >= 15 is 0 Å². The van der Waals surface area contributed by atoms with Gasteiger partial charge in [-0.05, 0) is 47.9 Å². The Morgan fingerprint density at radius 1 is 0.700 bits per heavy atom. The third kappa shape index (κ3) is 1.83. The van der Waals surface area contributed by atoms with E-state index in [1.54, 1.807) is 0 Å². The quantitative estimate of drug-likeness (QED) is 0.369. The van der Waals surface area contributed by atoms with E-state index in [4.69, 9.17) is 0 Å².